The number of halogens is 1. The first-order chi connectivity index (χ1) is 10.2. The summed E-state index contributed by atoms with van der Waals surface area (Å²) in [5.41, 5.74) is 4.24. The number of carbonyl (C=O) groups excluding carboxylic acids is 1. The van der Waals surface area contributed by atoms with Crippen LogP contribution in [0.2, 0.25) is 0 Å². The summed E-state index contributed by atoms with van der Waals surface area (Å²) in [7, 11) is 0. The first-order valence-corrected chi connectivity index (χ1v) is 8.37. The number of rotatable bonds is 3. The molecule has 1 aliphatic heterocycles. The highest BCUT2D eigenvalue weighted by Gasteiger charge is 2.22. The summed E-state index contributed by atoms with van der Waals surface area (Å²) in [4.78, 5) is 12.3. The van der Waals surface area contributed by atoms with E-state index in [4.69, 9.17) is 0 Å². The maximum absolute atomic E-state index is 12.3. The van der Waals surface area contributed by atoms with Crippen LogP contribution in [0.1, 0.15) is 55.3 Å². The van der Waals surface area contributed by atoms with E-state index in [2.05, 4.69) is 35.8 Å². The van der Waals surface area contributed by atoms with Crippen molar-refractivity contribution in [1.82, 2.24) is 10.6 Å². The van der Waals surface area contributed by atoms with Crippen molar-refractivity contribution in [2.75, 3.05) is 13.1 Å². The molecule has 3 rings (SSSR count). The molecular weight excluding hydrogens is 296 g/mol. The van der Waals surface area contributed by atoms with E-state index in [0.717, 1.165) is 25.9 Å². The van der Waals surface area contributed by atoms with E-state index >= 15 is 0 Å². The Balaban J connectivity index is 0.00000176. The standard InChI is InChI=1S/C18H26N2O.ClH/c1-13(20-18(21)15-8-10-19-11-9-15)16-7-6-14-4-2-3-5-17(14)12-16;/h6-7,12-13,15,19H,2-5,8-11H2,1H3,(H,20,21);1H. The van der Waals surface area contributed by atoms with Gasteiger partial charge in [0.25, 0.3) is 0 Å². The summed E-state index contributed by atoms with van der Waals surface area (Å²) < 4.78 is 0. The van der Waals surface area contributed by atoms with E-state index in [-0.39, 0.29) is 30.3 Å². The molecule has 2 N–H and O–H groups in total. The van der Waals surface area contributed by atoms with Gasteiger partial charge in [-0.3, -0.25) is 4.79 Å². The third-order valence-corrected chi connectivity index (χ3v) is 4.94. The molecule has 1 amide bonds. The number of benzene rings is 1. The van der Waals surface area contributed by atoms with E-state index < -0.39 is 0 Å². The lowest BCUT2D eigenvalue weighted by Crippen LogP contribution is -2.39. The lowest BCUT2D eigenvalue weighted by molar-refractivity contribution is -0.126. The Morgan fingerprint density at radius 3 is 2.59 bits per heavy atom. The largest absolute Gasteiger partial charge is 0.349 e. The van der Waals surface area contributed by atoms with Gasteiger partial charge in [0.15, 0.2) is 0 Å². The van der Waals surface area contributed by atoms with Crippen molar-refractivity contribution in [2.45, 2.75) is 51.5 Å². The van der Waals surface area contributed by atoms with Crippen LogP contribution in [0.25, 0.3) is 0 Å². The molecule has 2 aliphatic rings. The van der Waals surface area contributed by atoms with Crippen LogP contribution in [0.5, 0.6) is 0 Å². The molecule has 1 heterocycles. The summed E-state index contributed by atoms with van der Waals surface area (Å²) in [5, 5.41) is 6.51. The van der Waals surface area contributed by atoms with Crippen molar-refractivity contribution in [3.8, 4) is 0 Å². The Kier molecular flexibility index (Phi) is 6.27. The molecule has 3 nitrogen and oxygen atoms in total. The highest BCUT2D eigenvalue weighted by molar-refractivity contribution is 5.85. The smallest absolute Gasteiger partial charge is 0.223 e. The summed E-state index contributed by atoms with van der Waals surface area (Å²) in [6.45, 7) is 4.03. The molecule has 22 heavy (non-hydrogen) atoms. The van der Waals surface area contributed by atoms with Crippen LogP contribution >= 0.6 is 12.4 Å². The van der Waals surface area contributed by atoms with Crippen LogP contribution in [0.3, 0.4) is 0 Å². The topological polar surface area (TPSA) is 41.1 Å². The Bertz CT molecular complexity index is 512. The molecule has 0 saturated carbocycles. The molecule has 4 heteroatoms. The van der Waals surface area contributed by atoms with E-state index in [1.165, 1.54) is 42.4 Å². The SMILES string of the molecule is CC(NC(=O)C1CCNCC1)c1ccc2c(c1)CCCC2.Cl. The van der Waals surface area contributed by atoms with Crippen molar-refractivity contribution < 1.29 is 4.79 Å². The van der Waals surface area contributed by atoms with Gasteiger partial charge in [0.05, 0.1) is 6.04 Å². The van der Waals surface area contributed by atoms with Gasteiger partial charge in [-0.1, -0.05) is 18.2 Å². The summed E-state index contributed by atoms with van der Waals surface area (Å²) in [6, 6.07) is 6.87. The third kappa shape index (κ3) is 4.02. The minimum absolute atomic E-state index is 0. The molecule has 0 spiro atoms. The van der Waals surface area contributed by atoms with Gasteiger partial charge in [0.1, 0.15) is 0 Å². The monoisotopic (exact) mass is 322 g/mol. The molecule has 1 saturated heterocycles. The quantitative estimate of drug-likeness (QED) is 0.897. The summed E-state index contributed by atoms with van der Waals surface area (Å²) in [6.07, 6.45) is 6.94. The second-order valence-corrected chi connectivity index (χ2v) is 6.49. The number of hydrogen-bond donors (Lipinski definition) is 2. The molecule has 0 bridgehead atoms. The highest BCUT2D eigenvalue weighted by Crippen LogP contribution is 2.25. The Labute approximate surface area is 139 Å². The maximum atomic E-state index is 12.3. The van der Waals surface area contributed by atoms with Gasteiger partial charge in [-0.15, -0.1) is 12.4 Å². The first kappa shape index (κ1) is 17.3. The zero-order chi connectivity index (χ0) is 14.7. The molecule has 1 atom stereocenters. The Morgan fingerprint density at radius 2 is 1.86 bits per heavy atom. The fourth-order valence-electron chi connectivity index (χ4n) is 3.52. The number of amides is 1. The molecule has 0 aromatic heterocycles. The molecule has 1 aliphatic carbocycles. The van der Waals surface area contributed by atoms with Crippen LogP contribution in [0.4, 0.5) is 0 Å². The second-order valence-electron chi connectivity index (χ2n) is 6.49. The molecule has 0 radical (unpaired) electrons. The number of aryl methyl sites for hydroxylation is 2. The zero-order valence-corrected chi connectivity index (χ0v) is 14.2. The Hall–Kier alpha value is -1.06. The van der Waals surface area contributed by atoms with Crippen molar-refractivity contribution in [3.63, 3.8) is 0 Å². The minimum Gasteiger partial charge on any atom is -0.349 e. The summed E-state index contributed by atoms with van der Waals surface area (Å²) >= 11 is 0. The maximum Gasteiger partial charge on any atom is 0.223 e. The van der Waals surface area contributed by atoms with Crippen LogP contribution in [-0.2, 0) is 17.6 Å². The molecule has 1 aromatic rings. The number of nitrogens with one attached hydrogen (secondary N) is 2. The number of fused-ring (bicyclic) bond motifs is 1. The van der Waals surface area contributed by atoms with Crippen LogP contribution in [0.15, 0.2) is 18.2 Å². The van der Waals surface area contributed by atoms with Crippen molar-refractivity contribution in [1.29, 1.82) is 0 Å². The third-order valence-electron chi connectivity index (χ3n) is 4.94. The van der Waals surface area contributed by atoms with E-state index in [1.807, 2.05) is 0 Å². The predicted octanol–water partition coefficient (Wildman–Crippen LogP) is 3.16. The number of carbonyl (C=O) groups is 1. The fourth-order valence-corrected chi connectivity index (χ4v) is 3.52. The number of hydrogen-bond acceptors (Lipinski definition) is 2. The lowest BCUT2D eigenvalue weighted by atomic mass is 9.89. The molecule has 122 valence electrons. The van der Waals surface area contributed by atoms with Gasteiger partial charge in [-0.05, 0) is 75.2 Å². The van der Waals surface area contributed by atoms with Crippen LogP contribution < -0.4 is 10.6 Å². The van der Waals surface area contributed by atoms with Crippen LogP contribution in [0, 0.1) is 5.92 Å². The van der Waals surface area contributed by atoms with Gasteiger partial charge < -0.3 is 10.6 Å². The van der Waals surface area contributed by atoms with Crippen molar-refractivity contribution in [3.05, 3.63) is 34.9 Å². The Morgan fingerprint density at radius 1 is 1.18 bits per heavy atom. The summed E-state index contributed by atoms with van der Waals surface area (Å²) in [5.74, 6) is 0.410. The van der Waals surface area contributed by atoms with Crippen molar-refractivity contribution in [2.24, 2.45) is 5.92 Å². The zero-order valence-electron chi connectivity index (χ0n) is 13.4. The van der Waals surface area contributed by atoms with E-state index in [1.54, 1.807) is 0 Å². The fraction of sp³-hybridized carbons (Fsp3) is 0.611. The predicted molar refractivity (Wildman–Crippen MR) is 92.5 cm³/mol. The molecule has 1 aromatic carbocycles. The van der Waals surface area contributed by atoms with Gasteiger partial charge in [-0.25, -0.2) is 0 Å². The van der Waals surface area contributed by atoms with E-state index in [0.29, 0.717) is 0 Å². The van der Waals surface area contributed by atoms with Gasteiger partial charge in [0, 0.05) is 5.92 Å². The van der Waals surface area contributed by atoms with Gasteiger partial charge in [0.2, 0.25) is 5.91 Å². The van der Waals surface area contributed by atoms with Crippen LogP contribution in [-0.4, -0.2) is 19.0 Å². The van der Waals surface area contributed by atoms with Crippen molar-refractivity contribution >= 4 is 18.3 Å². The average Bonchev–Trinajstić information content (AvgIpc) is 2.55. The van der Waals surface area contributed by atoms with E-state index in [9.17, 15) is 4.79 Å². The molecule has 1 fully saturated rings. The minimum atomic E-state index is 0. The average molecular weight is 323 g/mol. The molecule has 1 unspecified atom stereocenters. The highest BCUT2D eigenvalue weighted by atomic mass is 35.5. The normalized spacial score (nSPS) is 19.7. The molecular formula is C18H27ClN2O. The van der Waals surface area contributed by atoms with Gasteiger partial charge in [-0.2, -0.15) is 0 Å². The number of piperidine rings is 1. The second kappa shape index (κ2) is 7.98. The first-order valence-electron chi connectivity index (χ1n) is 8.37. The van der Waals surface area contributed by atoms with Gasteiger partial charge >= 0.3 is 0 Å². The lowest BCUT2D eigenvalue weighted by Gasteiger charge is -2.25.